The lowest BCUT2D eigenvalue weighted by Crippen LogP contribution is -2.29. The molecule has 2 aromatic rings. The first-order valence-corrected chi connectivity index (χ1v) is 4.79. The summed E-state index contributed by atoms with van der Waals surface area (Å²) < 4.78 is 37.6. The van der Waals surface area contributed by atoms with E-state index < -0.39 is 12.1 Å². The summed E-state index contributed by atoms with van der Waals surface area (Å²) in [6.07, 6.45) is 0.898. The molecule has 18 heavy (non-hydrogen) atoms. The summed E-state index contributed by atoms with van der Waals surface area (Å²) >= 11 is 0. The lowest BCUT2D eigenvalue weighted by atomic mass is 10.4. The van der Waals surface area contributed by atoms with Gasteiger partial charge >= 0.3 is 12.1 Å². The van der Waals surface area contributed by atoms with Crippen LogP contribution in [0.4, 0.5) is 18.9 Å². The van der Waals surface area contributed by atoms with Crippen LogP contribution in [0.1, 0.15) is 0 Å². The van der Waals surface area contributed by atoms with Gasteiger partial charge in [-0.3, -0.25) is 9.36 Å². The third kappa shape index (κ3) is 2.65. The van der Waals surface area contributed by atoms with Crippen LogP contribution in [0.25, 0.3) is 5.82 Å². The standard InChI is InChI=1S/C10H7F3N4O/c11-10(12,13)9(18)16-7-1-2-8(15-5-7)17-4-3-14-6-17/h1-6H,(H,16,18). The molecule has 0 aromatic carbocycles. The molecule has 0 aliphatic carbocycles. The highest BCUT2D eigenvalue weighted by Gasteiger charge is 2.38. The number of carbonyl (C=O) groups excluding carboxylic acids is 1. The van der Waals surface area contributed by atoms with E-state index in [1.165, 1.54) is 18.5 Å². The molecule has 0 spiro atoms. The Morgan fingerprint density at radius 2 is 2.11 bits per heavy atom. The number of imidazole rings is 1. The van der Waals surface area contributed by atoms with Crippen LogP contribution in [0.5, 0.6) is 0 Å². The zero-order chi connectivity index (χ0) is 13.2. The molecule has 1 amide bonds. The Kier molecular flexibility index (Phi) is 3.00. The monoisotopic (exact) mass is 256 g/mol. The van der Waals surface area contributed by atoms with Crippen molar-refractivity contribution < 1.29 is 18.0 Å². The molecule has 0 fully saturated rings. The second-order valence-electron chi connectivity index (χ2n) is 3.33. The smallest absolute Gasteiger partial charge is 0.317 e. The Labute approximate surface area is 99.3 Å². The number of anilines is 1. The second-order valence-corrected chi connectivity index (χ2v) is 3.33. The van der Waals surface area contributed by atoms with Crippen LogP contribution in [0.2, 0.25) is 0 Å². The molecular formula is C10H7F3N4O. The van der Waals surface area contributed by atoms with Crippen LogP contribution >= 0.6 is 0 Å². The molecule has 0 bridgehead atoms. The van der Waals surface area contributed by atoms with Gasteiger partial charge in [0.15, 0.2) is 0 Å². The van der Waals surface area contributed by atoms with Gasteiger partial charge in [0.1, 0.15) is 12.1 Å². The molecule has 0 unspecified atom stereocenters. The van der Waals surface area contributed by atoms with Crippen LogP contribution in [0.15, 0.2) is 37.1 Å². The van der Waals surface area contributed by atoms with Gasteiger partial charge in [0.05, 0.1) is 11.9 Å². The number of hydrogen-bond donors (Lipinski definition) is 1. The lowest BCUT2D eigenvalue weighted by Gasteiger charge is -2.08. The Hall–Kier alpha value is -2.38. The van der Waals surface area contributed by atoms with E-state index in [0.717, 1.165) is 6.20 Å². The number of alkyl halides is 3. The number of amides is 1. The van der Waals surface area contributed by atoms with Crippen LogP contribution in [-0.4, -0.2) is 26.6 Å². The predicted octanol–water partition coefficient (Wildman–Crippen LogP) is 1.77. The predicted molar refractivity (Wildman–Crippen MR) is 56.0 cm³/mol. The summed E-state index contributed by atoms with van der Waals surface area (Å²) in [4.78, 5) is 18.4. The van der Waals surface area contributed by atoms with E-state index in [0.29, 0.717) is 5.82 Å². The average Bonchev–Trinajstić information content (AvgIpc) is 2.82. The molecule has 0 atom stereocenters. The van der Waals surface area contributed by atoms with E-state index in [9.17, 15) is 18.0 Å². The van der Waals surface area contributed by atoms with Gasteiger partial charge in [0, 0.05) is 12.4 Å². The summed E-state index contributed by atoms with van der Waals surface area (Å²) in [6, 6.07) is 2.79. The average molecular weight is 256 g/mol. The first-order chi connectivity index (χ1) is 8.47. The lowest BCUT2D eigenvalue weighted by molar-refractivity contribution is -0.167. The van der Waals surface area contributed by atoms with Crippen molar-refractivity contribution in [2.45, 2.75) is 6.18 Å². The number of rotatable bonds is 2. The largest absolute Gasteiger partial charge is 0.471 e. The minimum Gasteiger partial charge on any atom is -0.317 e. The number of nitrogens with one attached hydrogen (secondary N) is 1. The van der Waals surface area contributed by atoms with Crippen molar-refractivity contribution in [3.63, 3.8) is 0 Å². The fourth-order valence-electron chi connectivity index (χ4n) is 1.21. The Morgan fingerprint density at radius 3 is 2.61 bits per heavy atom. The van der Waals surface area contributed by atoms with Gasteiger partial charge in [-0.15, -0.1) is 0 Å². The zero-order valence-electron chi connectivity index (χ0n) is 8.85. The van der Waals surface area contributed by atoms with Crippen molar-refractivity contribution in [1.82, 2.24) is 14.5 Å². The van der Waals surface area contributed by atoms with E-state index in [2.05, 4.69) is 9.97 Å². The maximum atomic E-state index is 12.0. The third-order valence-corrected chi connectivity index (χ3v) is 2.03. The highest BCUT2D eigenvalue weighted by molar-refractivity contribution is 5.94. The first-order valence-electron chi connectivity index (χ1n) is 4.79. The fraction of sp³-hybridized carbons (Fsp3) is 0.100. The zero-order valence-corrected chi connectivity index (χ0v) is 8.85. The molecule has 2 aromatic heterocycles. The van der Waals surface area contributed by atoms with Gasteiger partial charge in [0.25, 0.3) is 0 Å². The highest BCUT2D eigenvalue weighted by atomic mass is 19.4. The second kappa shape index (κ2) is 4.47. The third-order valence-electron chi connectivity index (χ3n) is 2.03. The normalized spacial score (nSPS) is 11.3. The van der Waals surface area contributed by atoms with Gasteiger partial charge in [-0.25, -0.2) is 9.97 Å². The number of carbonyl (C=O) groups is 1. The van der Waals surface area contributed by atoms with E-state index in [1.807, 2.05) is 0 Å². The molecule has 94 valence electrons. The summed E-state index contributed by atoms with van der Waals surface area (Å²) in [6.45, 7) is 0. The molecule has 5 nitrogen and oxygen atoms in total. The number of halogens is 3. The van der Waals surface area contributed by atoms with Crippen molar-refractivity contribution in [2.75, 3.05) is 5.32 Å². The van der Waals surface area contributed by atoms with Gasteiger partial charge < -0.3 is 5.32 Å². The molecule has 0 radical (unpaired) electrons. The summed E-state index contributed by atoms with van der Waals surface area (Å²) in [5.74, 6) is -1.54. The molecule has 2 rings (SSSR count). The van der Waals surface area contributed by atoms with Gasteiger partial charge in [-0.2, -0.15) is 13.2 Å². The Bertz CT molecular complexity index is 533. The van der Waals surface area contributed by atoms with E-state index >= 15 is 0 Å². The number of hydrogen-bond acceptors (Lipinski definition) is 3. The number of pyridine rings is 1. The topological polar surface area (TPSA) is 59.8 Å². The van der Waals surface area contributed by atoms with Crippen LogP contribution < -0.4 is 5.32 Å². The molecule has 1 N–H and O–H groups in total. The summed E-state index contributed by atoms with van der Waals surface area (Å²) in [5, 5.41) is 1.70. The SMILES string of the molecule is O=C(Nc1ccc(-n2ccnc2)nc1)C(F)(F)F. The van der Waals surface area contributed by atoms with E-state index in [4.69, 9.17) is 0 Å². The Balaban J connectivity index is 2.12. The number of nitrogens with zero attached hydrogens (tertiary/aromatic N) is 3. The minimum atomic E-state index is -4.91. The van der Waals surface area contributed by atoms with Crippen molar-refractivity contribution in [3.05, 3.63) is 37.1 Å². The van der Waals surface area contributed by atoms with Crippen LogP contribution in [0, 0.1) is 0 Å². The Morgan fingerprint density at radius 1 is 1.33 bits per heavy atom. The summed E-state index contributed by atoms with van der Waals surface area (Å²) in [7, 11) is 0. The fourth-order valence-corrected chi connectivity index (χ4v) is 1.21. The quantitative estimate of drug-likeness (QED) is 0.890. The van der Waals surface area contributed by atoms with Crippen molar-refractivity contribution in [3.8, 4) is 5.82 Å². The van der Waals surface area contributed by atoms with Gasteiger partial charge in [-0.1, -0.05) is 0 Å². The van der Waals surface area contributed by atoms with Gasteiger partial charge in [0.2, 0.25) is 0 Å². The summed E-state index contributed by atoms with van der Waals surface area (Å²) in [5.41, 5.74) is -0.0267. The van der Waals surface area contributed by atoms with E-state index in [-0.39, 0.29) is 5.69 Å². The molecule has 2 heterocycles. The number of aromatic nitrogens is 3. The highest BCUT2D eigenvalue weighted by Crippen LogP contribution is 2.18. The molecular weight excluding hydrogens is 249 g/mol. The van der Waals surface area contributed by atoms with Crippen LogP contribution in [0.3, 0.4) is 0 Å². The van der Waals surface area contributed by atoms with E-state index in [1.54, 1.807) is 22.3 Å². The van der Waals surface area contributed by atoms with Gasteiger partial charge in [-0.05, 0) is 12.1 Å². The molecule has 0 aliphatic heterocycles. The van der Waals surface area contributed by atoms with Crippen molar-refractivity contribution in [1.29, 1.82) is 0 Å². The molecule has 0 aliphatic rings. The minimum absolute atomic E-state index is 0.0267. The molecule has 0 saturated carbocycles. The van der Waals surface area contributed by atoms with Crippen molar-refractivity contribution >= 4 is 11.6 Å². The molecule has 8 heteroatoms. The first kappa shape index (κ1) is 12.1. The van der Waals surface area contributed by atoms with Crippen LogP contribution in [-0.2, 0) is 4.79 Å². The van der Waals surface area contributed by atoms with Crippen molar-refractivity contribution in [2.24, 2.45) is 0 Å². The maximum Gasteiger partial charge on any atom is 0.471 e. The maximum absolute atomic E-state index is 12.0. The molecule has 0 saturated heterocycles.